The van der Waals surface area contributed by atoms with E-state index in [0.29, 0.717) is 10.9 Å². The number of carbonyl (C=O) groups excluding carboxylic acids is 1. The molecule has 0 atom stereocenters. The second-order valence-corrected chi connectivity index (χ2v) is 5.96. The molecule has 0 bridgehead atoms. The van der Waals surface area contributed by atoms with E-state index in [-0.39, 0.29) is 5.69 Å². The van der Waals surface area contributed by atoms with Crippen molar-refractivity contribution in [1.82, 2.24) is 4.57 Å². The van der Waals surface area contributed by atoms with Crippen molar-refractivity contribution in [3.05, 3.63) is 56.5 Å². The van der Waals surface area contributed by atoms with Gasteiger partial charge >= 0.3 is 0 Å². The van der Waals surface area contributed by atoms with Crippen LogP contribution < -0.4 is 10.5 Å². The average molecular weight is 350 g/mol. The van der Waals surface area contributed by atoms with Gasteiger partial charge in [-0.2, -0.15) is 0 Å². The van der Waals surface area contributed by atoms with E-state index >= 15 is 0 Å². The Labute approximate surface area is 139 Å². The highest BCUT2D eigenvalue weighted by atomic mass is 32.1. The Morgan fingerprint density at radius 1 is 1.29 bits per heavy atom. The lowest BCUT2D eigenvalue weighted by molar-refractivity contribution is 0.0988. The summed E-state index contributed by atoms with van der Waals surface area (Å²) in [5, 5.41) is 13.9. The van der Waals surface area contributed by atoms with Crippen LogP contribution >= 0.6 is 11.3 Å². The van der Waals surface area contributed by atoms with E-state index in [1.807, 2.05) is 0 Å². The van der Waals surface area contributed by atoms with Crippen LogP contribution in [0.25, 0.3) is 10.9 Å². The third-order valence-electron chi connectivity index (χ3n) is 3.80. The number of fused-ring (bicyclic) bond motifs is 1. The predicted octanol–water partition coefficient (Wildman–Crippen LogP) is 2.86. The number of aromatic nitrogens is 1. The van der Waals surface area contributed by atoms with E-state index in [2.05, 4.69) is 0 Å². The Balaban J connectivity index is 2.18. The number of hydrogen-bond acceptors (Lipinski definition) is 4. The van der Waals surface area contributed by atoms with Crippen molar-refractivity contribution in [2.24, 2.45) is 7.05 Å². The highest BCUT2D eigenvalue weighted by molar-refractivity contribution is 7.09. The maximum absolute atomic E-state index is 13.9. The van der Waals surface area contributed by atoms with E-state index in [4.69, 9.17) is 0 Å². The number of aromatic hydroxyl groups is 1. The number of amides is 1. The zero-order valence-corrected chi connectivity index (χ0v) is 13.5. The molecule has 1 N–H and O–H groups in total. The molecule has 2 heterocycles. The summed E-state index contributed by atoms with van der Waals surface area (Å²) in [5.41, 5.74) is -1.05. The molecule has 24 heavy (non-hydrogen) atoms. The number of anilines is 1. The first-order valence-electron chi connectivity index (χ1n) is 6.84. The smallest absolute Gasteiger partial charge is 0.267 e. The van der Waals surface area contributed by atoms with Gasteiger partial charge in [-0.05, 0) is 12.1 Å². The van der Waals surface area contributed by atoms with Crippen LogP contribution in [-0.4, -0.2) is 22.6 Å². The van der Waals surface area contributed by atoms with Crippen LogP contribution in [0.1, 0.15) is 10.4 Å². The van der Waals surface area contributed by atoms with Gasteiger partial charge in [-0.15, -0.1) is 11.3 Å². The lowest BCUT2D eigenvalue weighted by atomic mass is 10.1. The van der Waals surface area contributed by atoms with Crippen molar-refractivity contribution in [1.29, 1.82) is 0 Å². The standard InChI is InChI=1S/C16H12F2N2O3S/c1-19(11-5-8(17)3-4-10(11)18)15(22)13-14(21)9-6-24-7-12(9)20(2)16(13)23/h3-7,21H,1-2H3. The predicted molar refractivity (Wildman–Crippen MR) is 87.8 cm³/mol. The molecule has 1 aromatic carbocycles. The van der Waals surface area contributed by atoms with E-state index in [0.717, 1.165) is 23.1 Å². The molecule has 0 aliphatic rings. The Morgan fingerprint density at radius 3 is 2.71 bits per heavy atom. The van der Waals surface area contributed by atoms with Gasteiger partial charge in [0.2, 0.25) is 0 Å². The van der Waals surface area contributed by atoms with Gasteiger partial charge in [0.05, 0.1) is 16.6 Å². The van der Waals surface area contributed by atoms with Gasteiger partial charge in [-0.1, -0.05) is 0 Å². The summed E-state index contributed by atoms with van der Waals surface area (Å²) in [4.78, 5) is 25.9. The Morgan fingerprint density at radius 2 is 2.00 bits per heavy atom. The Kier molecular flexibility index (Phi) is 3.84. The van der Waals surface area contributed by atoms with E-state index in [9.17, 15) is 23.5 Å². The summed E-state index contributed by atoms with van der Waals surface area (Å²) < 4.78 is 28.5. The highest BCUT2D eigenvalue weighted by Gasteiger charge is 2.26. The van der Waals surface area contributed by atoms with Crippen LogP contribution in [-0.2, 0) is 7.05 Å². The fraction of sp³-hybridized carbons (Fsp3) is 0.125. The van der Waals surface area contributed by atoms with Crippen LogP contribution in [0.2, 0.25) is 0 Å². The van der Waals surface area contributed by atoms with Crippen LogP contribution in [0.4, 0.5) is 14.5 Å². The molecule has 3 rings (SSSR count). The number of nitrogens with zero attached hydrogens (tertiary/aromatic N) is 2. The number of pyridine rings is 1. The van der Waals surface area contributed by atoms with Crippen LogP contribution in [0.3, 0.4) is 0 Å². The molecule has 0 spiro atoms. The fourth-order valence-electron chi connectivity index (χ4n) is 2.45. The SMILES string of the molecule is CN(C(=O)c1c(O)c2cscc2n(C)c1=O)c1cc(F)ccc1F. The minimum atomic E-state index is -0.925. The number of aryl methyl sites for hydroxylation is 1. The molecule has 0 unspecified atom stereocenters. The zero-order chi connectivity index (χ0) is 17.6. The van der Waals surface area contributed by atoms with Gasteiger partial charge < -0.3 is 14.6 Å². The van der Waals surface area contributed by atoms with Crippen molar-refractivity contribution >= 4 is 33.8 Å². The second-order valence-electron chi connectivity index (χ2n) is 5.22. The van der Waals surface area contributed by atoms with Gasteiger partial charge in [-0.3, -0.25) is 9.59 Å². The molecule has 0 saturated carbocycles. The molecule has 0 radical (unpaired) electrons. The van der Waals surface area contributed by atoms with Gasteiger partial charge in [0.25, 0.3) is 11.5 Å². The molecule has 3 aromatic rings. The van der Waals surface area contributed by atoms with Gasteiger partial charge in [0, 0.05) is 30.9 Å². The van der Waals surface area contributed by atoms with E-state index in [1.54, 1.807) is 10.8 Å². The second kappa shape index (κ2) is 5.72. The highest BCUT2D eigenvalue weighted by Crippen LogP contribution is 2.30. The molecule has 0 aliphatic heterocycles. The van der Waals surface area contributed by atoms with E-state index in [1.165, 1.54) is 30.0 Å². The van der Waals surface area contributed by atoms with Crippen molar-refractivity contribution in [2.75, 3.05) is 11.9 Å². The minimum absolute atomic E-state index is 0.327. The van der Waals surface area contributed by atoms with Crippen LogP contribution in [0, 0.1) is 11.6 Å². The summed E-state index contributed by atoms with van der Waals surface area (Å²) in [5.74, 6) is -2.94. The fourth-order valence-corrected chi connectivity index (χ4v) is 3.30. The van der Waals surface area contributed by atoms with Crippen molar-refractivity contribution in [3.8, 4) is 5.75 Å². The summed E-state index contributed by atoms with van der Waals surface area (Å²) in [6.45, 7) is 0. The molecular formula is C16H12F2N2O3S. The molecule has 1 amide bonds. The monoisotopic (exact) mass is 350 g/mol. The van der Waals surface area contributed by atoms with Gasteiger partial charge in [0.15, 0.2) is 0 Å². The lowest BCUT2D eigenvalue weighted by Gasteiger charge is -2.19. The quantitative estimate of drug-likeness (QED) is 0.773. The number of carbonyl (C=O) groups is 1. The van der Waals surface area contributed by atoms with Crippen molar-refractivity contribution in [3.63, 3.8) is 0 Å². The first-order valence-corrected chi connectivity index (χ1v) is 7.78. The number of hydrogen-bond donors (Lipinski definition) is 1. The number of thiophene rings is 1. The number of benzene rings is 1. The molecule has 0 fully saturated rings. The summed E-state index contributed by atoms with van der Waals surface area (Å²) in [6, 6.07) is 2.65. The minimum Gasteiger partial charge on any atom is -0.506 e. The largest absolute Gasteiger partial charge is 0.506 e. The van der Waals surface area contributed by atoms with Crippen molar-refractivity contribution in [2.45, 2.75) is 0 Å². The summed E-state index contributed by atoms with van der Waals surface area (Å²) >= 11 is 1.27. The maximum atomic E-state index is 13.9. The van der Waals surface area contributed by atoms with Crippen LogP contribution in [0.5, 0.6) is 5.75 Å². The molecule has 124 valence electrons. The Bertz CT molecular complexity index is 1030. The normalized spacial score (nSPS) is 11.0. The molecule has 0 saturated heterocycles. The first-order chi connectivity index (χ1) is 11.3. The lowest BCUT2D eigenvalue weighted by Crippen LogP contribution is -2.34. The third kappa shape index (κ3) is 2.35. The number of rotatable bonds is 2. The molecule has 0 aliphatic carbocycles. The van der Waals surface area contributed by atoms with E-state index < -0.39 is 34.4 Å². The number of halogens is 2. The summed E-state index contributed by atoms with van der Waals surface area (Å²) in [6.07, 6.45) is 0. The molecule has 5 nitrogen and oxygen atoms in total. The third-order valence-corrected chi connectivity index (χ3v) is 4.53. The molecular weight excluding hydrogens is 338 g/mol. The molecule has 2 aromatic heterocycles. The van der Waals surface area contributed by atoms with Gasteiger partial charge in [0.1, 0.15) is 22.9 Å². The van der Waals surface area contributed by atoms with Crippen molar-refractivity contribution < 1.29 is 18.7 Å². The molecule has 8 heteroatoms. The topological polar surface area (TPSA) is 62.5 Å². The summed E-state index contributed by atoms with van der Waals surface area (Å²) in [7, 11) is 2.67. The first kappa shape index (κ1) is 16.1. The van der Waals surface area contributed by atoms with Crippen LogP contribution in [0.15, 0.2) is 33.8 Å². The maximum Gasteiger partial charge on any atom is 0.267 e. The Hall–Kier alpha value is -2.74. The van der Waals surface area contributed by atoms with Gasteiger partial charge in [-0.25, -0.2) is 8.78 Å². The average Bonchev–Trinajstić information content (AvgIpc) is 3.04. The zero-order valence-electron chi connectivity index (χ0n) is 12.7.